The smallest absolute Gasteiger partial charge is 0.271 e. The number of aromatic nitrogens is 2. The van der Waals surface area contributed by atoms with Gasteiger partial charge in [0.25, 0.3) is 5.91 Å². The molecule has 1 aliphatic heterocycles. The summed E-state index contributed by atoms with van der Waals surface area (Å²) < 4.78 is 0. The molecule has 3 rings (SSSR count). The van der Waals surface area contributed by atoms with Gasteiger partial charge in [0.2, 0.25) is 0 Å². The number of piperidine rings is 1. The van der Waals surface area contributed by atoms with Gasteiger partial charge in [-0.3, -0.25) is 9.89 Å². The maximum atomic E-state index is 12.0. The van der Waals surface area contributed by atoms with E-state index in [2.05, 4.69) is 27.5 Å². The van der Waals surface area contributed by atoms with Crippen LogP contribution in [0.15, 0.2) is 6.07 Å². The molecule has 5 nitrogen and oxygen atoms in total. The summed E-state index contributed by atoms with van der Waals surface area (Å²) in [4.78, 5) is 14.3. The highest BCUT2D eigenvalue weighted by Gasteiger charge is 2.27. The molecule has 2 fully saturated rings. The summed E-state index contributed by atoms with van der Waals surface area (Å²) in [5, 5.41) is 10.2. The first-order chi connectivity index (χ1) is 8.72. The molecule has 0 radical (unpaired) electrons. The fourth-order valence-electron chi connectivity index (χ4n) is 2.47. The molecule has 1 amide bonds. The molecule has 1 aromatic heterocycles. The fraction of sp³-hybridized carbons (Fsp3) is 0.692. The van der Waals surface area contributed by atoms with Gasteiger partial charge in [0.05, 0.1) is 0 Å². The third kappa shape index (κ3) is 2.56. The molecule has 0 aromatic carbocycles. The lowest BCUT2D eigenvalue weighted by molar-refractivity contribution is 0.0912. The van der Waals surface area contributed by atoms with Crippen molar-refractivity contribution in [3.63, 3.8) is 0 Å². The monoisotopic (exact) mass is 248 g/mol. The Morgan fingerprint density at radius 1 is 1.39 bits per heavy atom. The van der Waals surface area contributed by atoms with Crippen molar-refractivity contribution in [2.45, 2.75) is 37.6 Å². The molecule has 5 heteroatoms. The number of H-pyrrole nitrogens is 1. The zero-order valence-corrected chi connectivity index (χ0v) is 10.8. The van der Waals surface area contributed by atoms with Gasteiger partial charge in [-0.2, -0.15) is 5.10 Å². The van der Waals surface area contributed by atoms with E-state index in [1.165, 1.54) is 12.8 Å². The number of carbonyl (C=O) groups excluding carboxylic acids is 1. The van der Waals surface area contributed by atoms with E-state index in [1.54, 1.807) is 0 Å². The highest BCUT2D eigenvalue weighted by Crippen LogP contribution is 2.38. The Morgan fingerprint density at radius 3 is 2.78 bits per heavy atom. The first-order valence-electron chi connectivity index (χ1n) is 6.77. The first-order valence-corrected chi connectivity index (χ1v) is 6.77. The van der Waals surface area contributed by atoms with Gasteiger partial charge >= 0.3 is 0 Å². The average Bonchev–Trinajstić information content (AvgIpc) is 3.10. The molecule has 1 saturated heterocycles. The average molecular weight is 248 g/mol. The Bertz CT molecular complexity index is 430. The molecule has 0 bridgehead atoms. The van der Waals surface area contributed by atoms with Gasteiger partial charge in [-0.15, -0.1) is 0 Å². The van der Waals surface area contributed by atoms with Gasteiger partial charge in [-0.1, -0.05) is 0 Å². The van der Waals surface area contributed by atoms with E-state index in [-0.39, 0.29) is 5.91 Å². The third-order valence-electron chi connectivity index (χ3n) is 3.90. The maximum Gasteiger partial charge on any atom is 0.271 e. The van der Waals surface area contributed by atoms with E-state index in [4.69, 9.17) is 0 Å². The van der Waals surface area contributed by atoms with Crippen LogP contribution in [0.5, 0.6) is 0 Å². The van der Waals surface area contributed by atoms with E-state index in [9.17, 15) is 4.79 Å². The van der Waals surface area contributed by atoms with Crippen molar-refractivity contribution in [3.8, 4) is 0 Å². The molecule has 1 aliphatic carbocycles. The van der Waals surface area contributed by atoms with Gasteiger partial charge in [0.15, 0.2) is 0 Å². The molecule has 1 aromatic rings. The number of hydrogen-bond acceptors (Lipinski definition) is 3. The van der Waals surface area contributed by atoms with Crippen LogP contribution in [0.2, 0.25) is 0 Å². The van der Waals surface area contributed by atoms with Gasteiger partial charge in [-0.05, 0) is 51.9 Å². The zero-order chi connectivity index (χ0) is 12.5. The van der Waals surface area contributed by atoms with Gasteiger partial charge in [-0.25, -0.2) is 0 Å². The maximum absolute atomic E-state index is 12.0. The summed E-state index contributed by atoms with van der Waals surface area (Å²) in [6.07, 6.45) is 4.50. The molecule has 2 heterocycles. The van der Waals surface area contributed by atoms with Gasteiger partial charge in [0, 0.05) is 17.7 Å². The molecular weight excluding hydrogens is 228 g/mol. The highest BCUT2D eigenvalue weighted by atomic mass is 16.2. The molecule has 1 saturated carbocycles. The predicted molar refractivity (Wildman–Crippen MR) is 68.5 cm³/mol. The standard InChI is InChI=1S/C13H20N4O/c1-17-6-4-10(5-7-17)14-13(18)12-8-11(15-16-12)9-2-3-9/h8-10H,2-7H2,1H3,(H,14,18)(H,15,16). The normalized spacial score (nSPS) is 22.1. The number of rotatable bonds is 3. The lowest BCUT2D eigenvalue weighted by Gasteiger charge is -2.29. The highest BCUT2D eigenvalue weighted by molar-refractivity contribution is 5.92. The topological polar surface area (TPSA) is 61.0 Å². The predicted octanol–water partition coefficient (Wildman–Crippen LogP) is 1.11. The van der Waals surface area contributed by atoms with E-state index in [0.717, 1.165) is 31.6 Å². The Balaban J connectivity index is 1.56. The Labute approximate surface area is 107 Å². The minimum atomic E-state index is -0.0345. The summed E-state index contributed by atoms with van der Waals surface area (Å²) in [5.74, 6) is 0.579. The molecule has 0 atom stereocenters. The minimum Gasteiger partial charge on any atom is -0.348 e. The van der Waals surface area contributed by atoms with Crippen LogP contribution in [0.4, 0.5) is 0 Å². The van der Waals surface area contributed by atoms with Crippen LogP contribution in [-0.2, 0) is 0 Å². The fourth-order valence-corrected chi connectivity index (χ4v) is 2.47. The zero-order valence-electron chi connectivity index (χ0n) is 10.8. The number of carbonyl (C=O) groups is 1. The molecular formula is C13H20N4O. The minimum absolute atomic E-state index is 0.0345. The Hall–Kier alpha value is -1.36. The van der Waals surface area contributed by atoms with Crippen molar-refractivity contribution in [2.24, 2.45) is 0 Å². The first kappa shape index (κ1) is 11.7. The third-order valence-corrected chi connectivity index (χ3v) is 3.90. The van der Waals surface area contributed by atoms with Crippen LogP contribution in [-0.4, -0.2) is 47.2 Å². The van der Waals surface area contributed by atoms with Crippen molar-refractivity contribution in [3.05, 3.63) is 17.5 Å². The lowest BCUT2D eigenvalue weighted by atomic mass is 10.1. The van der Waals surface area contributed by atoms with E-state index >= 15 is 0 Å². The summed E-state index contributed by atoms with van der Waals surface area (Å²) >= 11 is 0. The van der Waals surface area contributed by atoms with Crippen LogP contribution in [0.3, 0.4) is 0 Å². The van der Waals surface area contributed by atoms with Gasteiger partial charge < -0.3 is 10.2 Å². The SMILES string of the molecule is CN1CCC(NC(=O)c2cc(C3CC3)[nH]n2)CC1. The van der Waals surface area contributed by atoms with Crippen LogP contribution in [0, 0.1) is 0 Å². The number of aromatic amines is 1. The van der Waals surface area contributed by atoms with Crippen LogP contribution < -0.4 is 5.32 Å². The number of nitrogens with one attached hydrogen (secondary N) is 2. The van der Waals surface area contributed by atoms with Crippen molar-refractivity contribution in [1.29, 1.82) is 0 Å². The van der Waals surface area contributed by atoms with Gasteiger partial charge in [0.1, 0.15) is 5.69 Å². The second-order valence-electron chi connectivity index (χ2n) is 5.53. The molecule has 98 valence electrons. The Kier molecular flexibility index (Phi) is 3.07. The molecule has 2 N–H and O–H groups in total. The molecule has 0 unspecified atom stereocenters. The van der Waals surface area contributed by atoms with Crippen LogP contribution in [0.25, 0.3) is 0 Å². The summed E-state index contributed by atoms with van der Waals surface area (Å²) in [5.41, 5.74) is 1.65. The van der Waals surface area contributed by atoms with Crippen molar-refractivity contribution >= 4 is 5.91 Å². The van der Waals surface area contributed by atoms with Crippen molar-refractivity contribution in [1.82, 2.24) is 20.4 Å². The van der Waals surface area contributed by atoms with Crippen molar-refractivity contribution < 1.29 is 4.79 Å². The van der Waals surface area contributed by atoms with E-state index < -0.39 is 0 Å². The second-order valence-corrected chi connectivity index (χ2v) is 5.53. The van der Waals surface area contributed by atoms with E-state index in [1.807, 2.05) is 6.07 Å². The molecule has 2 aliphatic rings. The second kappa shape index (κ2) is 4.72. The quantitative estimate of drug-likeness (QED) is 0.842. The number of amides is 1. The van der Waals surface area contributed by atoms with Crippen LogP contribution >= 0.6 is 0 Å². The summed E-state index contributed by atoms with van der Waals surface area (Å²) in [6, 6.07) is 2.21. The summed E-state index contributed by atoms with van der Waals surface area (Å²) in [6.45, 7) is 2.11. The lowest BCUT2D eigenvalue weighted by Crippen LogP contribution is -2.43. The Morgan fingerprint density at radius 2 is 2.11 bits per heavy atom. The van der Waals surface area contributed by atoms with Crippen molar-refractivity contribution in [2.75, 3.05) is 20.1 Å². The largest absolute Gasteiger partial charge is 0.348 e. The van der Waals surface area contributed by atoms with Crippen LogP contribution in [0.1, 0.15) is 47.8 Å². The van der Waals surface area contributed by atoms with E-state index in [0.29, 0.717) is 17.7 Å². The number of hydrogen-bond donors (Lipinski definition) is 2. The number of likely N-dealkylation sites (tertiary alicyclic amines) is 1. The number of nitrogens with zero attached hydrogens (tertiary/aromatic N) is 2. The molecule has 0 spiro atoms. The molecule has 18 heavy (non-hydrogen) atoms. The summed E-state index contributed by atoms with van der Waals surface area (Å²) in [7, 11) is 2.12.